The molecule has 5 nitrogen and oxygen atoms in total. The van der Waals surface area contributed by atoms with Crippen molar-refractivity contribution >= 4 is 11.6 Å². The Hall–Kier alpha value is -2.56. The van der Waals surface area contributed by atoms with Crippen molar-refractivity contribution in [1.82, 2.24) is 9.88 Å². The Morgan fingerprint density at radius 2 is 2.00 bits per heavy atom. The fraction of sp³-hybridized carbons (Fsp3) is 0.200. The third kappa shape index (κ3) is 3.26. The molecular weight excluding hydrogens is 254 g/mol. The summed E-state index contributed by atoms with van der Waals surface area (Å²) in [5, 5.41) is 9.44. The monoisotopic (exact) mass is 271 g/mol. The maximum Gasteiger partial charge on any atom is 0.255 e. The number of likely N-dealkylation sites (N-methyl/N-ethyl adjacent to an activating group) is 1. The minimum Gasteiger partial charge on any atom is -0.508 e. The normalized spacial score (nSPS) is 10.2. The Morgan fingerprint density at radius 3 is 2.70 bits per heavy atom. The first-order valence-corrected chi connectivity index (χ1v) is 6.31. The van der Waals surface area contributed by atoms with Gasteiger partial charge in [-0.3, -0.25) is 9.78 Å². The number of hydrogen-bond donors (Lipinski definition) is 2. The highest BCUT2D eigenvalue weighted by molar-refractivity contribution is 5.99. The summed E-state index contributed by atoms with van der Waals surface area (Å²) >= 11 is 0. The summed E-state index contributed by atoms with van der Waals surface area (Å²) in [6.45, 7) is 0.567. The Kier molecular flexibility index (Phi) is 4.20. The van der Waals surface area contributed by atoms with Gasteiger partial charge in [-0.1, -0.05) is 0 Å². The van der Waals surface area contributed by atoms with E-state index in [0.717, 1.165) is 12.0 Å². The number of anilines is 1. The van der Waals surface area contributed by atoms with E-state index in [2.05, 4.69) is 4.98 Å². The van der Waals surface area contributed by atoms with Crippen LogP contribution in [0.4, 0.5) is 5.69 Å². The summed E-state index contributed by atoms with van der Waals surface area (Å²) in [6, 6.07) is 8.21. The molecule has 0 aliphatic carbocycles. The van der Waals surface area contributed by atoms with E-state index in [4.69, 9.17) is 5.73 Å². The van der Waals surface area contributed by atoms with Crippen molar-refractivity contribution in [3.05, 3.63) is 53.9 Å². The number of pyridine rings is 1. The van der Waals surface area contributed by atoms with Gasteiger partial charge in [0, 0.05) is 31.7 Å². The maximum atomic E-state index is 12.3. The van der Waals surface area contributed by atoms with Gasteiger partial charge in [-0.2, -0.15) is 0 Å². The number of carbonyl (C=O) groups excluding carboxylic acids is 1. The molecule has 5 heteroatoms. The molecule has 0 bridgehead atoms. The highest BCUT2D eigenvalue weighted by Gasteiger charge is 2.15. The van der Waals surface area contributed by atoms with E-state index in [1.54, 1.807) is 24.3 Å². The quantitative estimate of drug-likeness (QED) is 0.655. The number of amides is 1. The molecule has 0 fully saturated rings. The van der Waals surface area contributed by atoms with Gasteiger partial charge in [0.05, 0.1) is 5.56 Å². The molecule has 1 heterocycles. The van der Waals surface area contributed by atoms with Crippen LogP contribution in [0, 0.1) is 0 Å². The summed E-state index contributed by atoms with van der Waals surface area (Å²) in [7, 11) is 1.72. The number of phenols is 1. The molecule has 0 aliphatic heterocycles. The van der Waals surface area contributed by atoms with Crippen LogP contribution in [0.25, 0.3) is 0 Å². The largest absolute Gasteiger partial charge is 0.508 e. The van der Waals surface area contributed by atoms with Gasteiger partial charge < -0.3 is 15.7 Å². The number of hydrogen-bond acceptors (Lipinski definition) is 4. The van der Waals surface area contributed by atoms with Crippen LogP contribution in [0.5, 0.6) is 5.75 Å². The van der Waals surface area contributed by atoms with Gasteiger partial charge in [0.1, 0.15) is 5.75 Å². The molecule has 3 N–H and O–H groups in total. The molecule has 2 rings (SSSR count). The number of rotatable bonds is 4. The van der Waals surface area contributed by atoms with Gasteiger partial charge in [0.15, 0.2) is 0 Å². The predicted octanol–water partition coefficient (Wildman–Crippen LogP) is 1.68. The number of nitrogen functional groups attached to an aromatic ring is 1. The second-order valence-electron chi connectivity index (χ2n) is 4.60. The first-order chi connectivity index (χ1) is 9.58. The van der Waals surface area contributed by atoms with Crippen LogP contribution in [0.1, 0.15) is 15.9 Å². The van der Waals surface area contributed by atoms with Crippen LogP contribution in [-0.2, 0) is 6.42 Å². The van der Waals surface area contributed by atoms with Crippen molar-refractivity contribution in [3.63, 3.8) is 0 Å². The smallest absolute Gasteiger partial charge is 0.255 e. The number of benzene rings is 1. The summed E-state index contributed by atoms with van der Waals surface area (Å²) in [4.78, 5) is 17.8. The molecular formula is C15H17N3O2. The van der Waals surface area contributed by atoms with Crippen LogP contribution in [0.2, 0.25) is 0 Å². The predicted molar refractivity (Wildman–Crippen MR) is 77.4 cm³/mol. The number of phenolic OH excluding ortho intramolecular Hbond substituents is 1. The van der Waals surface area contributed by atoms with Gasteiger partial charge in [-0.05, 0) is 42.3 Å². The van der Waals surface area contributed by atoms with E-state index in [1.165, 1.54) is 18.2 Å². The van der Waals surface area contributed by atoms with Crippen molar-refractivity contribution in [2.45, 2.75) is 6.42 Å². The average Bonchev–Trinajstić information content (AvgIpc) is 2.47. The lowest BCUT2D eigenvalue weighted by molar-refractivity contribution is 0.0797. The molecule has 20 heavy (non-hydrogen) atoms. The Balaban J connectivity index is 2.03. The minimum atomic E-state index is -0.201. The third-order valence-corrected chi connectivity index (χ3v) is 3.10. The number of nitrogens with zero attached hydrogens (tertiary/aromatic N) is 2. The molecule has 2 aromatic rings. The van der Waals surface area contributed by atoms with E-state index in [1.807, 2.05) is 12.1 Å². The second kappa shape index (κ2) is 6.06. The lowest BCUT2D eigenvalue weighted by Gasteiger charge is -2.18. The molecule has 0 saturated heterocycles. The lowest BCUT2D eigenvalue weighted by atomic mass is 10.1. The van der Waals surface area contributed by atoms with Crippen molar-refractivity contribution in [3.8, 4) is 5.75 Å². The van der Waals surface area contributed by atoms with Crippen LogP contribution < -0.4 is 5.73 Å². The van der Waals surface area contributed by atoms with Crippen molar-refractivity contribution in [2.75, 3.05) is 19.3 Å². The Morgan fingerprint density at radius 1 is 1.30 bits per heavy atom. The summed E-state index contributed by atoms with van der Waals surface area (Å²) in [5.74, 6) is -0.169. The molecule has 0 spiro atoms. The van der Waals surface area contributed by atoms with Crippen LogP contribution in [0.15, 0.2) is 42.7 Å². The maximum absolute atomic E-state index is 12.3. The number of nitrogens with two attached hydrogens (primary N) is 1. The van der Waals surface area contributed by atoms with E-state index in [9.17, 15) is 9.90 Å². The molecule has 0 aliphatic rings. The minimum absolute atomic E-state index is 0.0325. The number of aromatic nitrogens is 1. The van der Waals surface area contributed by atoms with Gasteiger partial charge >= 0.3 is 0 Å². The van der Waals surface area contributed by atoms with E-state index >= 15 is 0 Å². The van der Waals surface area contributed by atoms with E-state index in [0.29, 0.717) is 17.8 Å². The standard InChI is InChI=1S/C15H17N3O2/c1-18(9-6-11-4-7-17-8-5-11)15(20)13-10-12(19)2-3-14(13)16/h2-5,7-8,10,19H,6,9,16H2,1H3. The lowest BCUT2D eigenvalue weighted by Crippen LogP contribution is -2.29. The highest BCUT2D eigenvalue weighted by atomic mass is 16.3. The Labute approximate surface area is 117 Å². The summed E-state index contributed by atoms with van der Waals surface area (Å²) in [6.07, 6.45) is 4.19. The number of aromatic hydroxyl groups is 1. The van der Waals surface area contributed by atoms with Crippen LogP contribution >= 0.6 is 0 Å². The third-order valence-electron chi connectivity index (χ3n) is 3.10. The van der Waals surface area contributed by atoms with Crippen molar-refractivity contribution in [1.29, 1.82) is 0 Å². The molecule has 0 saturated carbocycles. The zero-order chi connectivity index (χ0) is 14.5. The Bertz CT molecular complexity index is 599. The van der Waals surface area contributed by atoms with E-state index < -0.39 is 0 Å². The highest BCUT2D eigenvalue weighted by Crippen LogP contribution is 2.19. The second-order valence-corrected chi connectivity index (χ2v) is 4.60. The average molecular weight is 271 g/mol. The van der Waals surface area contributed by atoms with Crippen LogP contribution in [0.3, 0.4) is 0 Å². The molecule has 1 aromatic carbocycles. The molecule has 0 atom stereocenters. The van der Waals surface area contributed by atoms with Gasteiger partial charge in [0.25, 0.3) is 5.91 Å². The van der Waals surface area contributed by atoms with Crippen LogP contribution in [-0.4, -0.2) is 34.5 Å². The fourth-order valence-electron chi connectivity index (χ4n) is 1.88. The fourth-order valence-corrected chi connectivity index (χ4v) is 1.88. The molecule has 0 unspecified atom stereocenters. The van der Waals surface area contributed by atoms with Crippen molar-refractivity contribution < 1.29 is 9.90 Å². The molecule has 104 valence electrons. The first-order valence-electron chi connectivity index (χ1n) is 6.31. The zero-order valence-electron chi connectivity index (χ0n) is 11.3. The topological polar surface area (TPSA) is 79.5 Å². The zero-order valence-corrected chi connectivity index (χ0v) is 11.3. The summed E-state index contributed by atoms with van der Waals surface area (Å²) < 4.78 is 0. The van der Waals surface area contributed by atoms with Gasteiger partial charge in [-0.15, -0.1) is 0 Å². The van der Waals surface area contributed by atoms with Crippen molar-refractivity contribution in [2.24, 2.45) is 0 Å². The first kappa shape index (κ1) is 13.9. The summed E-state index contributed by atoms with van der Waals surface area (Å²) in [5.41, 5.74) is 7.57. The SMILES string of the molecule is CN(CCc1ccncc1)C(=O)c1cc(O)ccc1N. The molecule has 1 aromatic heterocycles. The number of carbonyl (C=O) groups is 1. The van der Waals surface area contributed by atoms with E-state index in [-0.39, 0.29) is 11.7 Å². The van der Waals surface area contributed by atoms with Gasteiger partial charge in [-0.25, -0.2) is 0 Å². The molecule has 1 amide bonds. The molecule has 0 radical (unpaired) electrons. The van der Waals surface area contributed by atoms with Gasteiger partial charge in [0.2, 0.25) is 0 Å².